The molecule has 0 heterocycles. The van der Waals surface area contributed by atoms with Crippen LogP contribution in [-0.4, -0.2) is 25.1 Å². The summed E-state index contributed by atoms with van der Waals surface area (Å²) in [6.07, 6.45) is 0. The standard InChI is InChI=1S/C14H22N2O/c1-5-16(9-11(2)3)10-12-8-13(17-4)6-7-14(12)15/h6-8H,2,5,9-10,15H2,1,3-4H3. The van der Waals surface area contributed by atoms with Gasteiger partial charge in [-0.1, -0.05) is 19.1 Å². The number of benzene rings is 1. The lowest BCUT2D eigenvalue weighted by atomic mass is 10.1. The van der Waals surface area contributed by atoms with Crippen molar-refractivity contribution in [3.8, 4) is 5.75 Å². The Morgan fingerprint density at radius 2 is 2.18 bits per heavy atom. The minimum Gasteiger partial charge on any atom is -0.497 e. The molecule has 0 aliphatic rings. The molecule has 1 aromatic rings. The lowest BCUT2D eigenvalue weighted by Crippen LogP contribution is -2.25. The minimum atomic E-state index is 0.811. The Bertz CT molecular complexity index is 388. The van der Waals surface area contributed by atoms with E-state index in [0.717, 1.165) is 42.2 Å². The van der Waals surface area contributed by atoms with Crippen LogP contribution < -0.4 is 10.5 Å². The predicted molar refractivity (Wildman–Crippen MR) is 73.2 cm³/mol. The fourth-order valence-corrected chi connectivity index (χ4v) is 1.75. The molecule has 17 heavy (non-hydrogen) atoms. The van der Waals surface area contributed by atoms with Crippen LogP contribution in [0.3, 0.4) is 0 Å². The Hall–Kier alpha value is -1.48. The number of likely N-dealkylation sites (N-methyl/N-ethyl adjacent to an activating group) is 1. The largest absolute Gasteiger partial charge is 0.497 e. The maximum Gasteiger partial charge on any atom is 0.119 e. The molecule has 0 saturated heterocycles. The first-order valence-electron chi connectivity index (χ1n) is 5.86. The summed E-state index contributed by atoms with van der Waals surface area (Å²) in [5.74, 6) is 0.848. The van der Waals surface area contributed by atoms with Crippen LogP contribution in [0.25, 0.3) is 0 Å². The van der Waals surface area contributed by atoms with Gasteiger partial charge in [-0.3, -0.25) is 4.90 Å². The van der Waals surface area contributed by atoms with Crippen LogP contribution in [-0.2, 0) is 6.54 Å². The molecule has 0 saturated carbocycles. The average Bonchev–Trinajstić information content (AvgIpc) is 2.30. The third kappa shape index (κ3) is 4.11. The van der Waals surface area contributed by atoms with Crippen molar-refractivity contribution in [1.82, 2.24) is 4.90 Å². The summed E-state index contributed by atoms with van der Waals surface area (Å²) < 4.78 is 5.21. The first-order chi connectivity index (χ1) is 8.06. The molecule has 2 N–H and O–H groups in total. The molecule has 0 amide bonds. The Morgan fingerprint density at radius 1 is 1.47 bits per heavy atom. The fraction of sp³-hybridized carbons (Fsp3) is 0.429. The fourth-order valence-electron chi connectivity index (χ4n) is 1.75. The van der Waals surface area contributed by atoms with Crippen molar-refractivity contribution in [3.63, 3.8) is 0 Å². The summed E-state index contributed by atoms with van der Waals surface area (Å²) in [5, 5.41) is 0. The molecule has 0 atom stereocenters. The molecule has 0 aliphatic heterocycles. The number of ether oxygens (including phenoxy) is 1. The van der Waals surface area contributed by atoms with Crippen molar-refractivity contribution in [2.75, 3.05) is 25.9 Å². The molecule has 0 radical (unpaired) electrons. The molecule has 1 aromatic carbocycles. The van der Waals surface area contributed by atoms with Crippen molar-refractivity contribution in [3.05, 3.63) is 35.9 Å². The number of nitrogens with two attached hydrogens (primary N) is 1. The van der Waals surface area contributed by atoms with Gasteiger partial charge in [-0.05, 0) is 37.2 Å². The highest BCUT2D eigenvalue weighted by Crippen LogP contribution is 2.21. The van der Waals surface area contributed by atoms with Crippen LogP contribution >= 0.6 is 0 Å². The normalized spacial score (nSPS) is 10.6. The molecular weight excluding hydrogens is 212 g/mol. The van der Waals surface area contributed by atoms with Crippen molar-refractivity contribution < 1.29 is 4.74 Å². The lowest BCUT2D eigenvalue weighted by molar-refractivity contribution is 0.304. The van der Waals surface area contributed by atoms with Gasteiger partial charge in [0.15, 0.2) is 0 Å². The summed E-state index contributed by atoms with van der Waals surface area (Å²) in [6, 6.07) is 5.77. The van der Waals surface area contributed by atoms with Crippen LogP contribution in [0, 0.1) is 0 Å². The van der Waals surface area contributed by atoms with E-state index < -0.39 is 0 Å². The summed E-state index contributed by atoms with van der Waals surface area (Å²) in [5.41, 5.74) is 9.05. The summed E-state index contributed by atoms with van der Waals surface area (Å²) in [6.45, 7) is 10.8. The second-order valence-electron chi connectivity index (χ2n) is 4.33. The monoisotopic (exact) mass is 234 g/mol. The molecule has 0 fully saturated rings. The maximum atomic E-state index is 5.97. The Labute approximate surface area is 104 Å². The molecule has 0 bridgehead atoms. The summed E-state index contributed by atoms with van der Waals surface area (Å²) in [7, 11) is 1.67. The van der Waals surface area contributed by atoms with Gasteiger partial charge in [0.2, 0.25) is 0 Å². The highest BCUT2D eigenvalue weighted by atomic mass is 16.5. The number of nitrogen functional groups attached to an aromatic ring is 1. The quantitative estimate of drug-likeness (QED) is 0.607. The van der Waals surface area contributed by atoms with Crippen LogP contribution in [0.4, 0.5) is 5.69 Å². The highest BCUT2D eigenvalue weighted by Gasteiger charge is 2.07. The first-order valence-corrected chi connectivity index (χ1v) is 5.86. The Morgan fingerprint density at radius 3 is 2.71 bits per heavy atom. The van der Waals surface area contributed by atoms with Crippen LogP contribution in [0.15, 0.2) is 30.4 Å². The third-order valence-electron chi connectivity index (χ3n) is 2.68. The molecular formula is C14H22N2O. The van der Waals surface area contributed by atoms with E-state index in [2.05, 4.69) is 18.4 Å². The van der Waals surface area contributed by atoms with E-state index in [1.807, 2.05) is 25.1 Å². The maximum absolute atomic E-state index is 5.97. The summed E-state index contributed by atoms with van der Waals surface area (Å²) in [4.78, 5) is 2.30. The Balaban J connectivity index is 2.80. The predicted octanol–water partition coefficient (Wildman–Crippen LogP) is 2.68. The van der Waals surface area contributed by atoms with E-state index >= 15 is 0 Å². The molecule has 1 rings (SSSR count). The Kier molecular flexibility index (Phi) is 5.04. The number of rotatable bonds is 6. The topological polar surface area (TPSA) is 38.5 Å². The van der Waals surface area contributed by atoms with Gasteiger partial charge in [-0.2, -0.15) is 0 Å². The number of hydrogen-bond donors (Lipinski definition) is 1. The van der Waals surface area contributed by atoms with Crippen molar-refractivity contribution in [2.45, 2.75) is 20.4 Å². The number of anilines is 1. The van der Waals surface area contributed by atoms with Gasteiger partial charge in [-0.15, -0.1) is 0 Å². The first kappa shape index (κ1) is 13.6. The highest BCUT2D eigenvalue weighted by molar-refractivity contribution is 5.50. The van der Waals surface area contributed by atoms with Gasteiger partial charge in [0, 0.05) is 18.8 Å². The van der Waals surface area contributed by atoms with Gasteiger partial charge < -0.3 is 10.5 Å². The third-order valence-corrected chi connectivity index (χ3v) is 2.68. The smallest absolute Gasteiger partial charge is 0.119 e. The summed E-state index contributed by atoms with van der Waals surface area (Å²) >= 11 is 0. The minimum absolute atomic E-state index is 0.811. The van der Waals surface area contributed by atoms with E-state index in [1.54, 1.807) is 7.11 Å². The van der Waals surface area contributed by atoms with Gasteiger partial charge in [0.1, 0.15) is 5.75 Å². The zero-order chi connectivity index (χ0) is 12.8. The molecule has 3 nitrogen and oxygen atoms in total. The van der Waals surface area contributed by atoms with E-state index in [0.29, 0.717) is 0 Å². The molecule has 0 aromatic heterocycles. The molecule has 3 heteroatoms. The van der Waals surface area contributed by atoms with Gasteiger partial charge in [0.05, 0.1) is 7.11 Å². The number of methoxy groups -OCH3 is 1. The zero-order valence-corrected chi connectivity index (χ0v) is 11.0. The van der Waals surface area contributed by atoms with Crippen LogP contribution in [0.2, 0.25) is 0 Å². The van der Waals surface area contributed by atoms with Crippen molar-refractivity contribution in [1.29, 1.82) is 0 Å². The number of nitrogens with zero attached hydrogens (tertiary/aromatic N) is 1. The van der Waals surface area contributed by atoms with Crippen molar-refractivity contribution in [2.24, 2.45) is 0 Å². The average molecular weight is 234 g/mol. The van der Waals surface area contributed by atoms with E-state index in [9.17, 15) is 0 Å². The van der Waals surface area contributed by atoms with E-state index in [-0.39, 0.29) is 0 Å². The number of hydrogen-bond acceptors (Lipinski definition) is 3. The van der Waals surface area contributed by atoms with Gasteiger partial charge in [-0.25, -0.2) is 0 Å². The second kappa shape index (κ2) is 6.30. The van der Waals surface area contributed by atoms with Gasteiger partial charge >= 0.3 is 0 Å². The second-order valence-corrected chi connectivity index (χ2v) is 4.33. The molecule has 94 valence electrons. The van der Waals surface area contributed by atoms with Crippen LogP contribution in [0.5, 0.6) is 5.75 Å². The van der Waals surface area contributed by atoms with Crippen molar-refractivity contribution >= 4 is 5.69 Å². The van der Waals surface area contributed by atoms with Gasteiger partial charge in [0.25, 0.3) is 0 Å². The molecule has 0 aliphatic carbocycles. The van der Waals surface area contributed by atoms with E-state index in [4.69, 9.17) is 10.5 Å². The zero-order valence-electron chi connectivity index (χ0n) is 11.0. The lowest BCUT2D eigenvalue weighted by Gasteiger charge is -2.21. The van der Waals surface area contributed by atoms with E-state index in [1.165, 1.54) is 0 Å². The molecule has 0 spiro atoms. The SMILES string of the molecule is C=C(C)CN(CC)Cc1cc(OC)ccc1N. The molecule has 0 unspecified atom stereocenters. The van der Waals surface area contributed by atoms with Crippen LogP contribution in [0.1, 0.15) is 19.4 Å².